The van der Waals surface area contributed by atoms with E-state index in [1.54, 1.807) is 14.0 Å². The van der Waals surface area contributed by atoms with Crippen molar-refractivity contribution in [2.75, 3.05) is 12.8 Å². The summed E-state index contributed by atoms with van der Waals surface area (Å²) < 4.78 is 5.31. The smallest absolute Gasteiger partial charge is 0.227 e. The molecule has 2 N–H and O–H groups in total. The zero-order chi connectivity index (χ0) is 13.4. The largest absolute Gasteiger partial charge is 0.480 e. The van der Waals surface area contributed by atoms with Crippen molar-refractivity contribution in [1.29, 1.82) is 0 Å². The molecule has 2 aromatic heterocycles. The van der Waals surface area contributed by atoms with Gasteiger partial charge in [-0.2, -0.15) is 9.97 Å². The lowest BCUT2D eigenvalue weighted by atomic mass is 10.1. The van der Waals surface area contributed by atoms with Gasteiger partial charge >= 0.3 is 0 Å². The van der Waals surface area contributed by atoms with Crippen LogP contribution >= 0.6 is 0 Å². The van der Waals surface area contributed by atoms with Crippen LogP contribution in [0.4, 0.5) is 5.95 Å². The molecule has 1 fully saturated rings. The molecular weight excluding hydrogens is 244 g/mol. The van der Waals surface area contributed by atoms with E-state index in [0.29, 0.717) is 23.4 Å². The van der Waals surface area contributed by atoms with Gasteiger partial charge in [-0.1, -0.05) is 0 Å². The van der Waals surface area contributed by atoms with Crippen LogP contribution in [0.2, 0.25) is 0 Å². The minimum Gasteiger partial charge on any atom is -0.480 e. The Balaban J connectivity index is 2.21. The van der Waals surface area contributed by atoms with Crippen LogP contribution in [0.1, 0.15) is 30.3 Å². The molecule has 19 heavy (non-hydrogen) atoms. The topological polar surface area (TPSA) is 99.7 Å². The van der Waals surface area contributed by atoms with Crippen LogP contribution < -0.4 is 10.5 Å². The molecule has 2 aromatic rings. The van der Waals surface area contributed by atoms with Crippen molar-refractivity contribution < 1.29 is 4.74 Å². The molecule has 7 nitrogen and oxygen atoms in total. The first-order valence-corrected chi connectivity index (χ1v) is 6.06. The normalized spacial score (nSPS) is 14.4. The van der Waals surface area contributed by atoms with Crippen LogP contribution in [0.15, 0.2) is 6.33 Å². The first-order valence-electron chi connectivity index (χ1n) is 6.06. The molecule has 1 aliphatic rings. The number of nitrogens with zero attached hydrogens (tertiary/aromatic N) is 5. The van der Waals surface area contributed by atoms with Crippen molar-refractivity contribution >= 4 is 5.95 Å². The van der Waals surface area contributed by atoms with Crippen LogP contribution in [-0.4, -0.2) is 32.0 Å². The summed E-state index contributed by atoms with van der Waals surface area (Å²) in [5.74, 6) is 2.14. The van der Waals surface area contributed by atoms with E-state index in [9.17, 15) is 0 Å². The highest BCUT2D eigenvalue weighted by molar-refractivity contribution is 5.66. The van der Waals surface area contributed by atoms with Crippen molar-refractivity contribution in [1.82, 2.24) is 24.9 Å². The number of methoxy groups -OCH3 is 1. The van der Waals surface area contributed by atoms with Gasteiger partial charge in [0.1, 0.15) is 17.7 Å². The Kier molecular flexibility index (Phi) is 2.73. The van der Waals surface area contributed by atoms with Crippen LogP contribution in [0.25, 0.3) is 11.4 Å². The van der Waals surface area contributed by atoms with Gasteiger partial charge in [-0.05, 0) is 19.8 Å². The van der Waals surface area contributed by atoms with Crippen LogP contribution in [0.5, 0.6) is 5.88 Å². The van der Waals surface area contributed by atoms with E-state index in [1.807, 2.05) is 0 Å². The second kappa shape index (κ2) is 4.42. The molecular formula is C12H14N6O. The van der Waals surface area contributed by atoms with E-state index in [4.69, 9.17) is 10.5 Å². The van der Waals surface area contributed by atoms with Crippen molar-refractivity contribution in [3.8, 4) is 17.3 Å². The van der Waals surface area contributed by atoms with Gasteiger partial charge in [0.15, 0.2) is 5.82 Å². The standard InChI is InChI=1S/C12H14N6O/c1-6-16-10(18-12(13)17-6)8-9(7-3-4-7)14-5-15-11(8)19-2/h5,7H,3-4H2,1-2H3,(H2,13,16,17,18). The quantitative estimate of drug-likeness (QED) is 0.879. The molecule has 0 atom stereocenters. The summed E-state index contributed by atoms with van der Waals surface area (Å²) in [7, 11) is 1.57. The number of hydrogen-bond donors (Lipinski definition) is 1. The molecule has 0 amide bonds. The van der Waals surface area contributed by atoms with E-state index in [2.05, 4.69) is 24.9 Å². The van der Waals surface area contributed by atoms with Crippen LogP contribution in [0.3, 0.4) is 0 Å². The maximum absolute atomic E-state index is 5.69. The lowest BCUT2D eigenvalue weighted by Crippen LogP contribution is -2.06. The fraction of sp³-hybridized carbons (Fsp3) is 0.417. The van der Waals surface area contributed by atoms with Gasteiger partial charge in [0.25, 0.3) is 0 Å². The van der Waals surface area contributed by atoms with E-state index < -0.39 is 0 Å². The molecule has 7 heteroatoms. The van der Waals surface area contributed by atoms with Gasteiger partial charge in [0, 0.05) is 5.92 Å². The summed E-state index contributed by atoms with van der Waals surface area (Å²) in [5.41, 5.74) is 7.34. The number of rotatable bonds is 3. The van der Waals surface area contributed by atoms with Crippen LogP contribution in [0, 0.1) is 6.92 Å². The Morgan fingerprint density at radius 2 is 2.00 bits per heavy atom. The summed E-state index contributed by atoms with van der Waals surface area (Å²) in [6, 6.07) is 0. The summed E-state index contributed by atoms with van der Waals surface area (Å²) in [5, 5.41) is 0. The Hall–Kier alpha value is -2.31. The third-order valence-electron chi connectivity index (χ3n) is 2.99. The molecule has 2 heterocycles. The van der Waals surface area contributed by atoms with E-state index >= 15 is 0 Å². The molecule has 0 bridgehead atoms. The Bertz CT molecular complexity index is 605. The fourth-order valence-electron chi connectivity index (χ4n) is 2.03. The zero-order valence-corrected chi connectivity index (χ0v) is 10.8. The monoisotopic (exact) mass is 258 g/mol. The predicted octanol–water partition coefficient (Wildman–Crippen LogP) is 1.11. The first-order chi connectivity index (χ1) is 9.19. The van der Waals surface area contributed by atoms with Gasteiger partial charge < -0.3 is 10.5 Å². The summed E-state index contributed by atoms with van der Waals surface area (Å²) in [4.78, 5) is 21.0. The second-order valence-corrected chi connectivity index (χ2v) is 4.48. The molecule has 98 valence electrons. The van der Waals surface area contributed by atoms with Crippen molar-refractivity contribution in [2.24, 2.45) is 0 Å². The molecule has 0 unspecified atom stereocenters. The molecule has 0 saturated heterocycles. The third-order valence-corrected chi connectivity index (χ3v) is 2.99. The van der Waals surface area contributed by atoms with Gasteiger partial charge in [0.05, 0.1) is 12.8 Å². The highest BCUT2D eigenvalue weighted by Crippen LogP contribution is 2.44. The second-order valence-electron chi connectivity index (χ2n) is 4.48. The zero-order valence-electron chi connectivity index (χ0n) is 10.8. The fourth-order valence-corrected chi connectivity index (χ4v) is 2.03. The van der Waals surface area contributed by atoms with E-state index in [1.165, 1.54) is 6.33 Å². The lowest BCUT2D eigenvalue weighted by molar-refractivity contribution is 0.397. The van der Waals surface area contributed by atoms with Gasteiger partial charge in [-0.25, -0.2) is 15.0 Å². The van der Waals surface area contributed by atoms with Gasteiger partial charge in [-0.3, -0.25) is 0 Å². The summed E-state index contributed by atoms with van der Waals surface area (Å²) in [6.45, 7) is 1.77. The molecule has 1 saturated carbocycles. The first kappa shape index (κ1) is 11.8. The number of nitrogen functional groups attached to an aromatic ring is 1. The Morgan fingerprint density at radius 1 is 1.21 bits per heavy atom. The van der Waals surface area contributed by atoms with Crippen molar-refractivity contribution in [3.05, 3.63) is 17.8 Å². The SMILES string of the molecule is COc1ncnc(C2CC2)c1-c1nc(C)nc(N)n1. The maximum atomic E-state index is 5.69. The number of nitrogens with two attached hydrogens (primary N) is 1. The molecule has 1 aliphatic carbocycles. The maximum Gasteiger partial charge on any atom is 0.227 e. The Labute approximate surface area is 110 Å². The Morgan fingerprint density at radius 3 is 2.63 bits per heavy atom. The number of aryl methyl sites for hydroxylation is 1. The highest BCUT2D eigenvalue weighted by atomic mass is 16.5. The minimum absolute atomic E-state index is 0.190. The van der Waals surface area contributed by atoms with E-state index in [0.717, 1.165) is 24.1 Å². The number of aromatic nitrogens is 5. The average molecular weight is 258 g/mol. The molecule has 0 aromatic carbocycles. The molecule has 0 radical (unpaired) electrons. The van der Waals surface area contributed by atoms with Crippen molar-refractivity contribution in [2.45, 2.75) is 25.7 Å². The summed E-state index contributed by atoms with van der Waals surface area (Å²) >= 11 is 0. The summed E-state index contributed by atoms with van der Waals surface area (Å²) in [6.07, 6.45) is 3.74. The molecule has 0 spiro atoms. The third kappa shape index (κ3) is 2.18. The van der Waals surface area contributed by atoms with Gasteiger partial charge in [-0.15, -0.1) is 0 Å². The minimum atomic E-state index is 0.190. The van der Waals surface area contributed by atoms with Crippen LogP contribution in [-0.2, 0) is 0 Å². The number of ether oxygens (including phenoxy) is 1. The van der Waals surface area contributed by atoms with Gasteiger partial charge in [0.2, 0.25) is 11.8 Å². The average Bonchev–Trinajstić information content (AvgIpc) is 3.20. The predicted molar refractivity (Wildman–Crippen MR) is 68.5 cm³/mol. The molecule has 0 aliphatic heterocycles. The number of hydrogen-bond acceptors (Lipinski definition) is 7. The molecule has 3 rings (SSSR count). The van der Waals surface area contributed by atoms with E-state index in [-0.39, 0.29) is 5.95 Å². The highest BCUT2D eigenvalue weighted by Gasteiger charge is 2.31. The van der Waals surface area contributed by atoms with Crippen molar-refractivity contribution in [3.63, 3.8) is 0 Å². The lowest BCUT2D eigenvalue weighted by Gasteiger charge is -2.10. The number of anilines is 1.